The predicted octanol–water partition coefficient (Wildman–Crippen LogP) is 8.84. The highest BCUT2D eigenvalue weighted by molar-refractivity contribution is 5.68. The monoisotopic (exact) mass is 472 g/mol. The Morgan fingerprint density at radius 3 is 1.31 bits per heavy atom. The number of hydrogen-bond acceptors (Lipinski definition) is 2. The summed E-state index contributed by atoms with van der Waals surface area (Å²) in [5, 5.41) is 22.9. The lowest BCUT2D eigenvalue weighted by Crippen LogP contribution is -2.29. The van der Waals surface area contributed by atoms with Gasteiger partial charge >= 0.3 is 0 Å². The summed E-state index contributed by atoms with van der Waals surface area (Å²) in [4.78, 5) is 0. The topological polar surface area (TPSA) is 40.5 Å². The normalized spacial score (nSPS) is 25.0. The Morgan fingerprint density at radius 1 is 0.571 bits per heavy atom. The number of phenolic OH excluding ortho intramolecular Hbond substituents is 2. The Balaban J connectivity index is 1.66. The molecule has 2 heteroatoms. The minimum Gasteiger partial charge on any atom is -0.508 e. The molecule has 1 spiro atoms. The van der Waals surface area contributed by atoms with Gasteiger partial charge < -0.3 is 10.2 Å². The average molecular weight is 473 g/mol. The summed E-state index contributed by atoms with van der Waals surface area (Å²) >= 11 is 0. The fourth-order valence-corrected chi connectivity index (χ4v) is 9.23. The highest BCUT2D eigenvalue weighted by Gasteiger charge is 2.59. The van der Waals surface area contributed by atoms with Crippen LogP contribution in [0.5, 0.6) is 11.5 Å². The van der Waals surface area contributed by atoms with Gasteiger partial charge in [-0.25, -0.2) is 0 Å². The van der Waals surface area contributed by atoms with Crippen LogP contribution in [0.4, 0.5) is 0 Å². The molecule has 2 saturated carbocycles. The quantitative estimate of drug-likeness (QED) is 0.458. The van der Waals surface area contributed by atoms with Crippen LogP contribution in [0.25, 0.3) is 0 Å². The van der Waals surface area contributed by atoms with E-state index < -0.39 is 0 Å². The number of aromatic hydroxyl groups is 2. The molecule has 2 aromatic carbocycles. The highest BCUT2D eigenvalue weighted by atomic mass is 16.3. The molecule has 0 radical (unpaired) electrons. The Hall–Kier alpha value is -1.96. The lowest BCUT2D eigenvalue weighted by atomic mass is 9.66. The van der Waals surface area contributed by atoms with Crippen LogP contribution < -0.4 is 0 Å². The molecule has 4 aliphatic carbocycles. The van der Waals surface area contributed by atoms with Gasteiger partial charge in [0.2, 0.25) is 0 Å². The lowest BCUT2D eigenvalue weighted by molar-refractivity contribution is 0.338. The van der Waals surface area contributed by atoms with E-state index in [2.05, 4.69) is 39.8 Å². The molecule has 2 fully saturated rings. The van der Waals surface area contributed by atoms with Crippen molar-refractivity contribution >= 4 is 0 Å². The Morgan fingerprint density at radius 2 is 0.943 bits per heavy atom. The minimum atomic E-state index is -0.130. The Kier molecular flexibility index (Phi) is 5.37. The first-order valence-electron chi connectivity index (χ1n) is 14.4. The van der Waals surface area contributed by atoms with Crippen LogP contribution >= 0.6 is 0 Å². The van der Waals surface area contributed by atoms with E-state index in [0.29, 0.717) is 23.3 Å². The molecule has 4 aliphatic rings. The molecule has 188 valence electrons. The van der Waals surface area contributed by atoms with Gasteiger partial charge in [0.15, 0.2) is 0 Å². The average Bonchev–Trinajstić information content (AvgIpc) is 3.19. The number of hydrogen-bond donors (Lipinski definition) is 2. The first-order chi connectivity index (χ1) is 16.7. The molecule has 0 atom stereocenters. The number of phenols is 2. The van der Waals surface area contributed by atoms with Crippen LogP contribution in [0.15, 0.2) is 24.3 Å². The van der Waals surface area contributed by atoms with Crippen LogP contribution in [0.2, 0.25) is 0 Å². The van der Waals surface area contributed by atoms with E-state index in [-0.39, 0.29) is 16.2 Å². The van der Waals surface area contributed by atoms with E-state index in [0.717, 1.165) is 12.8 Å². The molecule has 0 unspecified atom stereocenters. The molecule has 0 heterocycles. The van der Waals surface area contributed by atoms with Gasteiger partial charge in [0, 0.05) is 16.5 Å². The SMILES string of the molecule is CC1(C)CC2(CC(C)(C)c3ccc(O)c(C4CCCCC4)c32)c2c1ccc(O)c2C1CCCCC1. The zero-order valence-corrected chi connectivity index (χ0v) is 22.3. The van der Waals surface area contributed by atoms with Crippen LogP contribution in [0.1, 0.15) is 150 Å². The lowest BCUT2D eigenvalue weighted by Gasteiger charge is -2.37. The maximum atomic E-state index is 11.4. The molecule has 2 aromatic rings. The summed E-state index contributed by atoms with van der Waals surface area (Å²) in [6, 6.07) is 8.46. The molecule has 2 nitrogen and oxygen atoms in total. The smallest absolute Gasteiger partial charge is 0.119 e. The molecule has 0 amide bonds. The van der Waals surface area contributed by atoms with Gasteiger partial charge in [-0.2, -0.15) is 0 Å². The number of fused-ring (bicyclic) bond motifs is 4. The van der Waals surface area contributed by atoms with E-state index in [4.69, 9.17) is 0 Å². The van der Waals surface area contributed by atoms with Gasteiger partial charge in [0.1, 0.15) is 11.5 Å². The molecule has 0 aromatic heterocycles. The van der Waals surface area contributed by atoms with Gasteiger partial charge in [-0.1, -0.05) is 78.4 Å². The van der Waals surface area contributed by atoms with Crippen LogP contribution in [0, 0.1) is 0 Å². The van der Waals surface area contributed by atoms with E-state index in [9.17, 15) is 10.2 Å². The van der Waals surface area contributed by atoms with Gasteiger partial charge in [-0.3, -0.25) is 0 Å². The molecular formula is C33H44O2. The molecule has 0 aliphatic heterocycles. The van der Waals surface area contributed by atoms with Crippen molar-refractivity contribution in [2.24, 2.45) is 0 Å². The zero-order chi connectivity index (χ0) is 24.6. The third kappa shape index (κ3) is 3.41. The summed E-state index contributed by atoms with van der Waals surface area (Å²) in [6.07, 6.45) is 14.6. The Bertz CT molecular complexity index is 1050. The molecular weight excluding hydrogens is 428 g/mol. The fourth-order valence-electron chi connectivity index (χ4n) is 9.23. The summed E-state index contributed by atoms with van der Waals surface area (Å²) in [5.74, 6) is 1.93. The van der Waals surface area contributed by atoms with E-state index >= 15 is 0 Å². The first kappa shape index (κ1) is 23.4. The van der Waals surface area contributed by atoms with Crippen LogP contribution in [-0.4, -0.2) is 10.2 Å². The van der Waals surface area contributed by atoms with Gasteiger partial charge in [-0.15, -0.1) is 0 Å². The van der Waals surface area contributed by atoms with Crippen LogP contribution in [0.3, 0.4) is 0 Å². The summed E-state index contributed by atoms with van der Waals surface area (Å²) in [6.45, 7) is 9.65. The second-order valence-electron chi connectivity index (χ2n) is 13.7. The minimum absolute atomic E-state index is 0.0411. The van der Waals surface area contributed by atoms with Crippen molar-refractivity contribution in [1.82, 2.24) is 0 Å². The van der Waals surface area contributed by atoms with Crippen molar-refractivity contribution in [3.63, 3.8) is 0 Å². The predicted molar refractivity (Wildman–Crippen MR) is 144 cm³/mol. The molecule has 2 N–H and O–H groups in total. The summed E-state index contributed by atoms with van der Waals surface area (Å²) in [5.41, 5.74) is 8.25. The highest BCUT2D eigenvalue weighted by Crippen LogP contribution is 2.67. The zero-order valence-electron chi connectivity index (χ0n) is 22.3. The summed E-state index contributed by atoms with van der Waals surface area (Å²) < 4.78 is 0. The van der Waals surface area contributed by atoms with Crippen molar-refractivity contribution in [3.05, 3.63) is 57.6 Å². The van der Waals surface area contributed by atoms with Crippen molar-refractivity contribution in [2.75, 3.05) is 0 Å². The van der Waals surface area contributed by atoms with E-state index in [1.54, 1.807) is 0 Å². The molecule has 6 rings (SSSR count). The van der Waals surface area contributed by atoms with Crippen molar-refractivity contribution in [1.29, 1.82) is 0 Å². The van der Waals surface area contributed by atoms with Crippen LogP contribution in [-0.2, 0) is 16.2 Å². The van der Waals surface area contributed by atoms with Crippen molar-refractivity contribution in [3.8, 4) is 11.5 Å². The standard InChI is InChI=1S/C33H44O2/c1-31(2)19-33(29-23(31)15-17-25(34)27(29)21-11-7-5-8-12-21)20-32(3,4)24-16-18-26(35)28(30(24)33)22-13-9-6-10-14-22/h15-18,21-22,34-35H,5-14,19-20H2,1-4H3. The van der Waals surface area contributed by atoms with Gasteiger partial charge in [0.05, 0.1) is 0 Å². The number of rotatable bonds is 2. The third-order valence-corrected chi connectivity index (χ3v) is 10.4. The van der Waals surface area contributed by atoms with Gasteiger partial charge in [0.25, 0.3) is 0 Å². The van der Waals surface area contributed by atoms with Crippen molar-refractivity contribution in [2.45, 2.75) is 133 Å². The van der Waals surface area contributed by atoms with Crippen molar-refractivity contribution < 1.29 is 10.2 Å². The Labute approximate surface area is 212 Å². The second kappa shape index (κ2) is 8.02. The van der Waals surface area contributed by atoms with E-state index in [1.165, 1.54) is 97.6 Å². The first-order valence-corrected chi connectivity index (χ1v) is 14.4. The van der Waals surface area contributed by atoms with Gasteiger partial charge in [-0.05, 0) is 95.6 Å². The van der Waals surface area contributed by atoms with E-state index in [1.807, 2.05) is 12.1 Å². The maximum absolute atomic E-state index is 11.4. The molecule has 35 heavy (non-hydrogen) atoms. The third-order valence-electron chi connectivity index (χ3n) is 10.4. The number of benzene rings is 2. The fraction of sp³-hybridized carbons (Fsp3) is 0.636. The molecule has 0 bridgehead atoms. The molecule has 0 saturated heterocycles. The maximum Gasteiger partial charge on any atom is 0.119 e. The second-order valence-corrected chi connectivity index (χ2v) is 13.7. The largest absolute Gasteiger partial charge is 0.508 e. The summed E-state index contributed by atoms with van der Waals surface area (Å²) in [7, 11) is 0.